The maximum atomic E-state index is 13.8. The van der Waals surface area contributed by atoms with Gasteiger partial charge in [0, 0.05) is 24.2 Å². The summed E-state index contributed by atoms with van der Waals surface area (Å²) in [6.07, 6.45) is -2.67. The average Bonchev–Trinajstić information content (AvgIpc) is 3.21. The van der Waals surface area contributed by atoms with E-state index in [4.69, 9.17) is 0 Å². The van der Waals surface area contributed by atoms with E-state index < -0.39 is 23.5 Å². The summed E-state index contributed by atoms with van der Waals surface area (Å²) in [6, 6.07) is 8.76. The van der Waals surface area contributed by atoms with Crippen LogP contribution in [0.15, 0.2) is 42.5 Å². The second-order valence-corrected chi connectivity index (χ2v) is 7.35. The number of halogens is 4. The topological polar surface area (TPSA) is 45.2 Å². The predicted molar refractivity (Wildman–Crippen MR) is 107 cm³/mol. The first-order valence-electron chi connectivity index (χ1n) is 9.57. The first-order chi connectivity index (χ1) is 14.2. The standard InChI is InChI=1S/C22H19F4N3O/c1-13-10-17(16-12-15(23)5-6-18(16)27-13)21(30)28-19-11-14(22(24,25)26)4-7-20(19)29-8-2-3-9-29/h4-7,10-12H,2-3,8-9H2,1H3,(H,28,30). The van der Waals surface area contributed by atoms with E-state index >= 15 is 0 Å². The van der Waals surface area contributed by atoms with Crippen LogP contribution in [0.5, 0.6) is 0 Å². The van der Waals surface area contributed by atoms with Crippen molar-refractivity contribution in [3.63, 3.8) is 0 Å². The van der Waals surface area contributed by atoms with E-state index in [1.165, 1.54) is 30.3 Å². The van der Waals surface area contributed by atoms with Crippen LogP contribution >= 0.6 is 0 Å². The van der Waals surface area contributed by atoms with Crippen molar-refractivity contribution in [2.75, 3.05) is 23.3 Å². The zero-order valence-electron chi connectivity index (χ0n) is 16.2. The van der Waals surface area contributed by atoms with Crippen LogP contribution in [0.25, 0.3) is 10.9 Å². The summed E-state index contributed by atoms with van der Waals surface area (Å²) in [5, 5.41) is 2.92. The maximum absolute atomic E-state index is 13.8. The maximum Gasteiger partial charge on any atom is 0.416 e. The van der Waals surface area contributed by atoms with Crippen LogP contribution in [0.1, 0.15) is 34.5 Å². The number of fused-ring (bicyclic) bond motifs is 1. The highest BCUT2D eigenvalue weighted by molar-refractivity contribution is 6.13. The van der Waals surface area contributed by atoms with Gasteiger partial charge in [0.05, 0.1) is 28.0 Å². The monoisotopic (exact) mass is 417 g/mol. The molecule has 8 heteroatoms. The molecule has 2 heterocycles. The first-order valence-corrected chi connectivity index (χ1v) is 9.57. The molecule has 156 valence electrons. The number of nitrogens with one attached hydrogen (secondary N) is 1. The highest BCUT2D eigenvalue weighted by Gasteiger charge is 2.32. The molecule has 0 atom stereocenters. The van der Waals surface area contributed by atoms with Crippen molar-refractivity contribution in [2.24, 2.45) is 0 Å². The summed E-state index contributed by atoms with van der Waals surface area (Å²) in [7, 11) is 0. The lowest BCUT2D eigenvalue weighted by Gasteiger charge is -2.23. The molecule has 0 radical (unpaired) electrons. The van der Waals surface area contributed by atoms with Crippen molar-refractivity contribution < 1.29 is 22.4 Å². The molecule has 4 nitrogen and oxygen atoms in total. The van der Waals surface area contributed by atoms with Gasteiger partial charge < -0.3 is 10.2 Å². The molecule has 1 aliphatic heterocycles. The number of amides is 1. The van der Waals surface area contributed by atoms with Gasteiger partial charge in [0.15, 0.2) is 0 Å². The quantitative estimate of drug-likeness (QED) is 0.568. The van der Waals surface area contributed by atoms with Gasteiger partial charge in [0.1, 0.15) is 5.82 Å². The van der Waals surface area contributed by atoms with E-state index in [0.717, 1.165) is 25.0 Å². The van der Waals surface area contributed by atoms with E-state index in [1.807, 2.05) is 4.90 Å². The highest BCUT2D eigenvalue weighted by atomic mass is 19.4. The van der Waals surface area contributed by atoms with Crippen LogP contribution in [0.4, 0.5) is 28.9 Å². The molecule has 1 amide bonds. The summed E-state index contributed by atoms with van der Waals surface area (Å²) in [4.78, 5) is 19.3. The predicted octanol–water partition coefficient (Wildman–Crippen LogP) is 5.55. The van der Waals surface area contributed by atoms with E-state index in [0.29, 0.717) is 35.4 Å². The van der Waals surface area contributed by atoms with Crippen LogP contribution in [0, 0.1) is 12.7 Å². The second kappa shape index (κ2) is 7.59. The molecule has 4 rings (SSSR count). The number of alkyl halides is 3. The smallest absolute Gasteiger partial charge is 0.370 e. The van der Waals surface area contributed by atoms with Gasteiger partial charge in [-0.15, -0.1) is 0 Å². The zero-order valence-corrected chi connectivity index (χ0v) is 16.2. The molecular formula is C22H19F4N3O. The Hall–Kier alpha value is -3.16. The van der Waals surface area contributed by atoms with Crippen molar-refractivity contribution in [3.05, 3.63) is 65.1 Å². The zero-order chi connectivity index (χ0) is 21.5. The molecule has 1 saturated heterocycles. The molecule has 1 N–H and O–H groups in total. The third-order valence-electron chi connectivity index (χ3n) is 5.16. The fraction of sp³-hybridized carbons (Fsp3) is 0.273. The Morgan fingerprint density at radius 1 is 1.07 bits per heavy atom. The number of hydrogen-bond acceptors (Lipinski definition) is 3. The Morgan fingerprint density at radius 2 is 1.80 bits per heavy atom. The Labute approximate surface area is 170 Å². The van der Waals surface area contributed by atoms with Crippen molar-refractivity contribution >= 4 is 28.2 Å². The molecule has 0 saturated carbocycles. The molecule has 0 spiro atoms. The summed E-state index contributed by atoms with van der Waals surface area (Å²) in [5.74, 6) is -1.14. The van der Waals surface area contributed by atoms with E-state index in [9.17, 15) is 22.4 Å². The van der Waals surface area contributed by atoms with Crippen molar-refractivity contribution in [3.8, 4) is 0 Å². The summed E-state index contributed by atoms with van der Waals surface area (Å²) in [5.41, 5.74) is 0.906. The summed E-state index contributed by atoms with van der Waals surface area (Å²) in [6.45, 7) is 3.10. The van der Waals surface area contributed by atoms with Gasteiger partial charge in [0.25, 0.3) is 5.91 Å². The van der Waals surface area contributed by atoms with Crippen LogP contribution < -0.4 is 10.2 Å². The van der Waals surface area contributed by atoms with E-state index in [-0.39, 0.29) is 11.3 Å². The molecule has 30 heavy (non-hydrogen) atoms. The molecule has 0 unspecified atom stereocenters. The lowest BCUT2D eigenvalue weighted by Crippen LogP contribution is -2.22. The SMILES string of the molecule is Cc1cc(C(=O)Nc2cc(C(F)(F)F)ccc2N2CCCC2)c2cc(F)ccc2n1. The molecular weight excluding hydrogens is 398 g/mol. The molecule has 1 aromatic heterocycles. The number of hydrogen-bond donors (Lipinski definition) is 1. The number of nitrogens with zero attached hydrogens (tertiary/aromatic N) is 2. The van der Waals surface area contributed by atoms with Gasteiger partial charge in [-0.05, 0) is 62.2 Å². The second-order valence-electron chi connectivity index (χ2n) is 7.35. The minimum absolute atomic E-state index is 0.0794. The Bertz CT molecular complexity index is 1120. The number of aromatic nitrogens is 1. The molecule has 3 aromatic rings. The minimum Gasteiger partial charge on any atom is -0.370 e. The van der Waals surface area contributed by atoms with Gasteiger partial charge in [-0.3, -0.25) is 9.78 Å². The molecule has 0 bridgehead atoms. The number of anilines is 2. The Balaban J connectivity index is 1.77. The average molecular weight is 417 g/mol. The largest absolute Gasteiger partial charge is 0.416 e. The van der Waals surface area contributed by atoms with Crippen molar-refractivity contribution in [1.82, 2.24) is 4.98 Å². The van der Waals surface area contributed by atoms with Crippen LogP contribution in [0.3, 0.4) is 0 Å². The van der Waals surface area contributed by atoms with Gasteiger partial charge in [-0.1, -0.05) is 0 Å². The molecule has 0 aliphatic carbocycles. The fourth-order valence-corrected chi connectivity index (χ4v) is 3.75. The Kier molecular flexibility index (Phi) is 5.09. The molecule has 2 aromatic carbocycles. The normalized spacial score (nSPS) is 14.4. The van der Waals surface area contributed by atoms with Gasteiger partial charge in [-0.25, -0.2) is 4.39 Å². The Morgan fingerprint density at radius 3 is 2.50 bits per heavy atom. The van der Waals surface area contributed by atoms with Crippen LogP contribution in [0.2, 0.25) is 0 Å². The van der Waals surface area contributed by atoms with Crippen molar-refractivity contribution in [2.45, 2.75) is 25.9 Å². The fourth-order valence-electron chi connectivity index (χ4n) is 3.75. The third kappa shape index (κ3) is 3.94. The lowest BCUT2D eigenvalue weighted by molar-refractivity contribution is -0.137. The molecule has 1 fully saturated rings. The highest BCUT2D eigenvalue weighted by Crippen LogP contribution is 2.37. The number of rotatable bonds is 3. The van der Waals surface area contributed by atoms with Gasteiger partial charge in [0.2, 0.25) is 0 Å². The van der Waals surface area contributed by atoms with Crippen LogP contribution in [-0.4, -0.2) is 24.0 Å². The number of carbonyl (C=O) groups excluding carboxylic acids is 1. The number of pyridine rings is 1. The third-order valence-corrected chi connectivity index (χ3v) is 5.16. The summed E-state index contributed by atoms with van der Waals surface area (Å²) < 4.78 is 53.6. The van der Waals surface area contributed by atoms with E-state index in [1.54, 1.807) is 6.92 Å². The van der Waals surface area contributed by atoms with Gasteiger partial charge in [-0.2, -0.15) is 13.2 Å². The minimum atomic E-state index is -4.54. The molecule has 1 aliphatic rings. The first kappa shape index (κ1) is 20.1. The van der Waals surface area contributed by atoms with Crippen LogP contribution in [-0.2, 0) is 6.18 Å². The number of aryl methyl sites for hydroxylation is 1. The number of carbonyl (C=O) groups is 1. The lowest BCUT2D eigenvalue weighted by atomic mass is 10.1. The van der Waals surface area contributed by atoms with Crippen molar-refractivity contribution in [1.29, 1.82) is 0 Å². The number of benzene rings is 2. The van der Waals surface area contributed by atoms with E-state index in [2.05, 4.69) is 10.3 Å². The summed E-state index contributed by atoms with van der Waals surface area (Å²) >= 11 is 0. The van der Waals surface area contributed by atoms with Gasteiger partial charge >= 0.3 is 6.18 Å².